The van der Waals surface area contributed by atoms with Gasteiger partial charge in [0.15, 0.2) is 0 Å². The number of aromatic hydroxyl groups is 1. The number of phenols is 1. The van der Waals surface area contributed by atoms with Gasteiger partial charge in [0.2, 0.25) is 0 Å². The SMILES string of the molecule is Cc1cc(Cl)cc([C@@H](C)N)c1O. The van der Waals surface area contributed by atoms with Crippen LogP contribution in [0.3, 0.4) is 0 Å². The highest BCUT2D eigenvalue weighted by Gasteiger charge is 2.09. The van der Waals surface area contributed by atoms with Crippen molar-refractivity contribution in [2.75, 3.05) is 0 Å². The maximum atomic E-state index is 9.55. The molecule has 66 valence electrons. The van der Waals surface area contributed by atoms with Gasteiger partial charge in [0.1, 0.15) is 5.75 Å². The Hall–Kier alpha value is -0.730. The molecule has 0 bridgehead atoms. The first-order chi connectivity index (χ1) is 5.52. The molecule has 1 aromatic carbocycles. The van der Waals surface area contributed by atoms with E-state index in [2.05, 4.69) is 0 Å². The molecule has 1 rings (SSSR count). The van der Waals surface area contributed by atoms with Crippen molar-refractivity contribution in [3.8, 4) is 5.75 Å². The molecule has 0 amide bonds. The van der Waals surface area contributed by atoms with Crippen LogP contribution in [0.15, 0.2) is 12.1 Å². The van der Waals surface area contributed by atoms with E-state index in [1.807, 2.05) is 6.92 Å². The van der Waals surface area contributed by atoms with E-state index in [4.69, 9.17) is 17.3 Å². The molecule has 2 nitrogen and oxygen atoms in total. The van der Waals surface area contributed by atoms with Crippen LogP contribution in [0.2, 0.25) is 5.02 Å². The number of phenolic OH excluding ortho intramolecular Hbond substituents is 1. The Balaban J connectivity index is 3.28. The van der Waals surface area contributed by atoms with Crippen molar-refractivity contribution in [1.29, 1.82) is 0 Å². The summed E-state index contributed by atoms with van der Waals surface area (Å²) in [5.41, 5.74) is 7.09. The number of hydrogen-bond acceptors (Lipinski definition) is 2. The third-order valence-electron chi connectivity index (χ3n) is 1.79. The van der Waals surface area contributed by atoms with Gasteiger partial charge in [0, 0.05) is 16.6 Å². The maximum Gasteiger partial charge on any atom is 0.123 e. The molecule has 1 atom stereocenters. The summed E-state index contributed by atoms with van der Waals surface area (Å²) in [7, 11) is 0. The lowest BCUT2D eigenvalue weighted by Gasteiger charge is -2.10. The van der Waals surface area contributed by atoms with E-state index < -0.39 is 0 Å². The summed E-state index contributed by atoms with van der Waals surface area (Å²) < 4.78 is 0. The van der Waals surface area contributed by atoms with Gasteiger partial charge in [-0.3, -0.25) is 0 Å². The fourth-order valence-electron chi connectivity index (χ4n) is 1.11. The third-order valence-corrected chi connectivity index (χ3v) is 2.00. The smallest absolute Gasteiger partial charge is 0.123 e. The van der Waals surface area contributed by atoms with Crippen LogP contribution in [0.4, 0.5) is 0 Å². The molecule has 0 saturated carbocycles. The van der Waals surface area contributed by atoms with Gasteiger partial charge >= 0.3 is 0 Å². The van der Waals surface area contributed by atoms with Gasteiger partial charge in [-0.15, -0.1) is 0 Å². The Labute approximate surface area is 77.0 Å². The van der Waals surface area contributed by atoms with Crippen molar-refractivity contribution in [3.05, 3.63) is 28.3 Å². The topological polar surface area (TPSA) is 46.2 Å². The van der Waals surface area contributed by atoms with Gasteiger partial charge in [-0.2, -0.15) is 0 Å². The molecule has 0 heterocycles. The van der Waals surface area contributed by atoms with Crippen LogP contribution >= 0.6 is 11.6 Å². The highest BCUT2D eigenvalue weighted by Crippen LogP contribution is 2.29. The lowest BCUT2D eigenvalue weighted by molar-refractivity contribution is 0.459. The molecule has 3 N–H and O–H groups in total. The highest BCUT2D eigenvalue weighted by atomic mass is 35.5. The second-order valence-corrected chi connectivity index (χ2v) is 3.39. The normalized spacial score (nSPS) is 13.0. The summed E-state index contributed by atoms with van der Waals surface area (Å²) in [6, 6.07) is 3.21. The second-order valence-electron chi connectivity index (χ2n) is 2.95. The second kappa shape index (κ2) is 3.33. The monoisotopic (exact) mass is 185 g/mol. The Bertz CT molecular complexity index is 297. The van der Waals surface area contributed by atoms with Crippen LogP contribution in [0.1, 0.15) is 24.1 Å². The van der Waals surface area contributed by atoms with Crippen molar-refractivity contribution in [2.45, 2.75) is 19.9 Å². The van der Waals surface area contributed by atoms with Gasteiger partial charge in [-0.05, 0) is 31.5 Å². The lowest BCUT2D eigenvalue weighted by atomic mass is 10.0. The van der Waals surface area contributed by atoms with Crippen molar-refractivity contribution >= 4 is 11.6 Å². The van der Waals surface area contributed by atoms with Crippen LogP contribution in [-0.2, 0) is 0 Å². The molecule has 0 spiro atoms. The Morgan fingerprint density at radius 2 is 2.08 bits per heavy atom. The first-order valence-electron chi connectivity index (χ1n) is 3.77. The minimum absolute atomic E-state index is 0.192. The first-order valence-corrected chi connectivity index (χ1v) is 4.14. The van der Waals surface area contributed by atoms with Crippen LogP contribution in [-0.4, -0.2) is 5.11 Å². The van der Waals surface area contributed by atoms with Gasteiger partial charge in [0.05, 0.1) is 0 Å². The minimum atomic E-state index is -0.192. The molecule has 0 aromatic heterocycles. The zero-order valence-corrected chi connectivity index (χ0v) is 7.89. The summed E-state index contributed by atoms with van der Waals surface area (Å²) in [6.45, 7) is 3.61. The third kappa shape index (κ3) is 1.71. The Kier molecular flexibility index (Phi) is 2.60. The zero-order valence-electron chi connectivity index (χ0n) is 7.13. The number of benzene rings is 1. The number of halogens is 1. The number of hydrogen-bond donors (Lipinski definition) is 2. The molecule has 1 aromatic rings. The summed E-state index contributed by atoms with van der Waals surface area (Å²) in [5.74, 6) is 0.245. The summed E-state index contributed by atoms with van der Waals surface area (Å²) in [4.78, 5) is 0. The maximum absolute atomic E-state index is 9.55. The molecule has 3 heteroatoms. The van der Waals surface area contributed by atoms with E-state index in [9.17, 15) is 5.11 Å². The molecule has 0 radical (unpaired) electrons. The lowest BCUT2D eigenvalue weighted by Crippen LogP contribution is -2.05. The van der Waals surface area contributed by atoms with Gasteiger partial charge in [-0.25, -0.2) is 0 Å². The molecular formula is C9H12ClNO. The Morgan fingerprint density at radius 3 is 2.58 bits per heavy atom. The summed E-state index contributed by atoms with van der Waals surface area (Å²) in [6.07, 6.45) is 0. The van der Waals surface area contributed by atoms with Crippen LogP contribution < -0.4 is 5.73 Å². The van der Waals surface area contributed by atoms with Gasteiger partial charge < -0.3 is 10.8 Å². The fraction of sp³-hybridized carbons (Fsp3) is 0.333. The average molecular weight is 186 g/mol. The largest absolute Gasteiger partial charge is 0.507 e. The van der Waals surface area contributed by atoms with E-state index in [0.717, 1.165) is 5.56 Å². The standard InChI is InChI=1S/C9H12ClNO/c1-5-3-7(10)4-8(6(2)11)9(5)12/h3-4,6,12H,11H2,1-2H3/t6-/m1/s1. The molecule has 0 unspecified atom stereocenters. The highest BCUT2D eigenvalue weighted by molar-refractivity contribution is 6.30. The Morgan fingerprint density at radius 1 is 1.50 bits per heavy atom. The van der Waals surface area contributed by atoms with Crippen molar-refractivity contribution < 1.29 is 5.11 Å². The van der Waals surface area contributed by atoms with Crippen LogP contribution in [0, 0.1) is 6.92 Å². The molecule has 0 aliphatic rings. The van der Waals surface area contributed by atoms with E-state index in [-0.39, 0.29) is 11.8 Å². The van der Waals surface area contributed by atoms with E-state index >= 15 is 0 Å². The molecule has 0 aliphatic heterocycles. The molecular weight excluding hydrogens is 174 g/mol. The van der Waals surface area contributed by atoms with Crippen molar-refractivity contribution in [2.24, 2.45) is 5.73 Å². The molecule has 0 saturated heterocycles. The van der Waals surface area contributed by atoms with E-state index in [0.29, 0.717) is 10.6 Å². The predicted molar refractivity (Wildman–Crippen MR) is 50.5 cm³/mol. The van der Waals surface area contributed by atoms with Gasteiger partial charge in [0.25, 0.3) is 0 Å². The fourth-order valence-corrected chi connectivity index (χ4v) is 1.39. The summed E-state index contributed by atoms with van der Waals surface area (Å²) in [5, 5.41) is 10.2. The van der Waals surface area contributed by atoms with E-state index in [1.165, 1.54) is 0 Å². The zero-order chi connectivity index (χ0) is 9.30. The van der Waals surface area contributed by atoms with Crippen molar-refractivity contribution in [1.82, 2.24) is 0 Å². The first kappa shape index (κ1) is 9.36. The molecule has 12 heavy (non-hydrogen) atoms. The van der Waals surface area contributed by atoms with Gasteiger partial charge in [-0.1, -0.05) is 11.6 Å². The van der Waals surface area contributed by atoms with Crippen molar-refractivity contribution in [3.63, 3.8) is 0 Å². The minimum Gasteiger partial charge on any atom is -0.507 e. The number of rotatable bonds is 1. The molecule has 0 aliphatic carbocycles. The number of aryl methyl sites for hydroxylation is 1. The predicted octanol–water partition coefficient (Wildman–Crippen LogP) is 2.37. The average Bonchev–Trinajstić information content (AvgIpc) is 1.96. The van der Waals surface area contributed by atoms with Crippen LogP contribution in [0.5, 0.6) is 5.75 Å². The summed E-state index contributed by atoms with van der Waals surface area (Å²) >= 11 is 5.80. The number of nitrogens with two attached hydrogens (primary N) is 1. The quantitative estimate of drug-likeness (QED) is 0.706. The van der Waals surface area contributed by atoms with Crippen LogP contribution in [0.25, 0.3) is 0 Å². The van der Waals surface area contributed by atoms with E-state index in [1.54, 1.807) is 19.1 Å². The molecule has 0 fully saturated rings.